The molecule has 0 radical (unpaired) electrons. The number of piperazine rings is 2. The molecule has 10 rings (SSSR count). The third kappa shape index (κ3) is 12.6. The van der Waals surface area contributed by atoms with Crippen LogP contribution in [0.5, 0.6) is 0 Å². The van der Waals surface area contributed by atoms with E-state index in [1.807, 2.05) is 47.6 Å². The number of allylic oxidation sites excluding steroid dienone is 1. The summed E-state index contributed by atoms with van der Waals surface area (Å²) in [4.78, 5) is 53.5. The van der Waals surface area contributed by atoms with Crippen LogP contribution in [0.25, 0.3) is 44.3 Å². The average Bonchev–Trinajstić information content (AvgIpc) is 4.01. The molecule has 0 spiro atoms. The van der Waals surface area contributed by atoms with E-state index in [0.29, 0.717) is 46.1 Å². The van der Waals surface area contributed by atoms with Gasteiger partial charge in [-0.15, -0.1) is 0 Å². The van der Waals surface area contributed by atoms with Crippen LogP contribution in [-0.2, 0) is 9.59 Å². The number of rotatable bonds is 10. The molecule has 2 unspecified atom stereocenters. The van der Waals surface area contributed by atoms with Gasteiger partial charge in [0.2, 0.25) is 23.0 Å². The summed E-state index contributed by atoms with van der Waals surface area (Å²) in [6, 6.07) is 18.2. The Bertz CT molecular complexity index is 2640. The average molecular weight is 983 g/mol. The predicted molar refractivity (Wildman–Crippen MR) is 279 cm³/mol. The zero-order valence-corrected chi connectivity index (χ0v) is 40.0. The molecule has 2 aliphatic heterocycles. The maximum Gasteiger partial charge on any atom is 0.246 e. The molecule has 6 aromatic rings. The first-order valence-electron chi connectivity index (χ1n) is 23.3. The van der Waals surface area contributed by atoms with E-state index in [-0.39, 0.29) is 13.3 Å². The number of H-pyrrole nitrogens is 2. The fraction of sp³-hybridized carbons (Fsp3) is 0.412. The van der Waals surface area contributed by atoms with Crippen molar-refractivity contribution in [2.24, 2.45) is 0 Å². The Labute approximate surface area is 414 Å². The maximum atomic E-state index is 11.9. The van der Waals surface area contributed by atoms with Gasteiger partial charge in [-0.05, 0) is 87.3 Å². The zero-order chi connectivity index (χ0) is 46.7. The Morgan fingerprint density at radius 2 is 1.12 bits per heavy atom. The van der Waals surface area contributed by atoms with Crippen LogP contribution in [0.1, 0.15) is 58.8 Å². The van der Waals surface area contributed by atoms with Gasteiger partial charge in [0, 0.05) is 122 Å². The SMILES string of the molecule is C.C=CC(=O)Cl.C=CC(=O)N1CCN(C2CCC[C@@H](Nc3ncc(Cl)c(-c4c[nH]c5ccccc45)n3)C2)CC1.Clc1cnc(N[C@@H]2CCCC(N3CCNCC3)C2)nc1-c1c[nH]c2ccccc12. The highest BCUT2D eigenvalue weighted by Crippen LogP contribution is 2.35. The first-order chi connectivity index (χ1) is 32.7. The number of amides is 1. The van der Waals surface area contributed by atoms with Crippen molar-refractivity contribution in [2.45, 2.75) is 83.0 Å². The number of aromatic nitrogens is 6. The Hall–Kier alpha value is -5.35. The Balaban J connectivity index is 0.000000182. The van der Waals surface area contributed by atoms with Crippen LogP contribution < -0.4 is 16.0 Å². The molecular formula is C51H63Cl3N12O2. The highest BCUT2D eigenvalue weighted by atomic mass is 35.5. The minimum atomic E-state index is -0.509. The van der Waals surface area contributed by atoms with E-state index in [1.54, 1.807) is 12.4 Å². The number of nitrogens with one attached hydrogen (secondary N) is 5. The third-order valence-electron chi connectivity index (χ3n) is 13.3. The fourth-order valence-corrected chi connectivity index (χ4v) is 10.3. The van der Waals surface area contributed by atoms with Crippen molar-refractivity contribution in [3.63, 3.8) is 0 Å². The molecule has 360 valence electrons. The molecule has 5 N–H and O–H groups in total. The molecule has 2 saturated heterocycles. The molecule has 4 aromatic heterocycles. The number of carbonyl (C=O) groups excluding carboxylic acids is 2. The second kappa shape index (κ2) is 24.3. The molecule has 6 heterocycles. The number of aromatic amines is 2. The van der Waals surface area contributed by atoms with E-state index in [0.717, 1.165) is 135 Å². The van der Waals surface area contributed by atoms with Crippen molar-refractivity contribution < 1.29 is 9.59 Å². The van der Waals surface area contributed by atoms with Crippen LogP contribution in [0.3, 0.4) is 0 Å². The number of carbonyl (C=O) groups is 2. The molecule has 4 aliphatic rings. The molecule has 4 fully saturated rings. The number of benzene rings is 2. The molecule has 17 heteroatoms. The van der Waals surface area contributed by atoms with E-state index in [9.17, 15) is 9.59 Å². The van der Waals surface area contributed by atoms with Crippen LogP contribution in [0.2, 0.25) is 10.0 Å². The van der Waals surface area contributed by atoms with E-state index in [1.165, 1.54) is 25.3 Å². The van der Waals surface area contributed by atoms with Crippen LogP contribution in [0.15, 0.2) is 98.6 Å². The number of para-hydroxylation sites is 2. The third-order valence-corrected chi connectivity index (χ3v) is 14.0. The van der Waals surface area contributed by atoms with Gasteiger partial charge in [-0.3, -0.25) is 19.4 Å². The topological polar surface area (TPSA) is 163 Å². The molecule has 2 aliphatic carbocycles. The van der Waals surface area contributed by atoms with E-state index in [2.05, 4.69) is 77.0 Å². The summed E-state index contributed by atoms with van der Waals surface area (Å²) in [5.41, 5.74) is 5.64. The van der Waals surface area contributed by atoms with Gasteiger partial charge < -0.3 is 30.8 Å². The zero-order valence-electron chi connectivity index (χ0n) is 37.7. The number of fused-ring (bicyclic) bond motifs is 2. The molecule has 0 bridgehead atoms. The normalized spacial score (nSPS) is 21.0. The molecule has 1 amide bonds. The minimum absolute atomic E-state index is 0. The summed E-state index contributed by atoms with van der Waals surface area (Å²) in [5, 5.41) is 13.4. The summed E-state index contributed by atoms with van der Waals surface area (Å²) in [5.74, 6) is 1.32. The second-order valence-corrected chi connectivity index (χ2v) is 18.6. The largest absolute Gasteiger partial charge is 0.360 e. The maximum absolute atomic E-state index is 11.9. The second-order valence-electron chi connectivity index (χ2n) is 17.5. The van der Waals surface area contributed by atoms with Crippen LogP contribution in [-0.4, -0.2) is 132 Å². The summed E-state index contributed by atoms with van der Waals surface area (Å²) in [7, 11) is 0. The van der Waals surface area contributed by atoms with Gasteiger partial charge in [-0.25, -0.2) is 19.9 Å². The molecule has 2 aromatic carbocycles. The predicted octanol–water partition coefficient (Wildman–Crippen LogP) is 9.81. The smallest absolute Gasteiger partial charge is 0.246 e. The molecule has 68 heavy (non-hydrogen) atoms. The lowest BCUT2D eigenvalue weighted by Gasteiger charge is -2.42. The van der Waals surface area contributed by atoms with Gasteiger partial charge in [0.1, 0.15) is 0 Å². The Kier molecular flexibility index (Phi) is 18.0. The molecule has 4 atom stereocenters. The molecule has 14 nitrogen and oxygen atoms in total. The molecular weight excluding hydrogens is 919 g/mol. The standard InChI is InChI=1S/C25H29ClN6O.C22H27ClN6.C3H3ClO.CH4/c1-2-23(33)32-12-10-31(11-13-32)18-7-5-6-17(14-18)29-25-28-16-21(26)24(30-25)20-15-27-22-9-4-3-8-19(20)22;23-19-14-26-22(28-21(19)18-13-25-20-7-2-1-6-17(18)20)27-15-4-3-5-16(12-15)29-10-8-24-9-11-29;1-2-3(4)5;/h2-4,8-9,15-18,27H,1,5-7,10-14H2,(H,28,29,30);1-2,6-7,13-16,24-25H,3-5,8-12H2,(H,26,27,28);2H,1H2;1H4/t17-,18?;15-,16?;;/m11../s1. The Morgan fingerprint density at radius 3 is 1.57 bits per heavy atom. The van der Waals surface area contributed by atoms with Gasteiger partial charge in [-0.2, -0.15) is 0 Å². The van der Waals surface area contributed by atoms with Crippen molar-refractivity contribution >= 4 is 79.7 Å². The van der Waals surface area contributed by atoms with E-state index in [4.69, 9.17) is 44.8 Å². The fourth-order valence-electron chi connectivity index (χ4n) is 9.89. The first-order valence-corrected chi connectivity index (χ1v) is 24.4. The lowest BCUT2D eigenvalue weighted by atomic mass is 9.89. The van der Waals surface area contributed by atoms with Gasteiger partial charge in [0.25, 0.3) is 0 Å². The van der Waals surface area contributed by atoms with Crippen LogP contribution >= 0.6 is 34.8 Å². The lowest BCUT2D eigenvalue weighted by Crippen LogP contribution is -2.53. The summed E-state index contributed by atoms with van der Waals surface area (Å²) in [6.07, 6.45) is 19.1. The minimum Gasteiger partial charge on any atom is -0.360 e. The van der Waals surface area contributed by atoms with Gasteiger partial charge in [-0.1, -0.05) is 80.2 Å². The van der Waals surface area contributed by atoms with Gasteiger partial charge in [0.15, 0.2) is 0 Å². The summed E-state index contributed by atoms with van der Waals surface area (Å²) < 4.78 is 0. The van der Waals surface area contributed by atoms with Gasteiger partial charge in [0.05, 0.1) is 33.8 Å². The van der Waals surface area contributed by atoms with Gasteiger partial charge >= 0.3 is 0 Å². The number of anilines is 2. The number of hydrogen-bond donors (Lipinski definition) is 5. The Morgan fingerprint density at radius 1 is 0.662 bits per heavy atom. The highest BCUT2D eigenvalue weighted by Gasteiger charge is 2.31. The monoisotopic (exact) mass is 980 g/mol. The number of hydrogen-bond acceptors (Lipinski definition) is 11. The van der Waals surface area contributed by atoms with Crippen LogP contribution in [0, 0.1) is 0 Å². The van der Waals surface area contributed by atoms with Crippen molar-refractivity contribution in [3.8, 4) is 22.5 Å². The van der Waals surface area contributed by atoms with Crippen molar-refractivity contribution in [2.75, 3.05) is 63.0 Å². The van der Waals surface area contributed by atoms with E-state index < -0.39 is 5.24 Å². The lowest BCUT2D eigenvalue weighted by molar-refractivity contribution is -0.128. The van der Waals surface area contributed by atoms with E-state index >= 15 is 0 Å². The quantitative estimate of drug-likeness (QED) is 0.0656. The van der Waals surface area contributed by atoms with Crippen molar-refractivity contribution in [1.29, 1.82) is 0 Å². The van der Waals surface area contributed by atoms with Crippen LogP contribution in [0.4, 0.5) is 11.9 Å². The van der Waals surface area contributed by atoms with Crippen molar-refractivity contribution in [3.05, 3.63) is 109 Å². The number of nitrogens with zero attached hydrogens (tertiary/aromatic N) is 7. The molecule has 2 saturated carbocycles. The van der Waals surface area contributed by atoms with Crippen molar-refractivity contribution in [1.82, 2.24) is 49.9 Å². The number of halogens is 3. The summed E-state index contributed by atoms with van der Waals surface area (Å²) in [6.45, 7) is 14.6. The summed E-state index contributed by atoms with van der Waals surface area (Å²) >= 11 is 17.7. The first kappa shape index (κ1) is 50.5. The highest BCUT2D eigenvalue weighted by molar-refractivity contribution is 6.66.